The fraction of sp³-hybridized carbons (Fsp3) is 0.267. The first-order chi connectivity index (χ1) is 13.0. The van der Waals surface area contributed by atoms with Crippen molar-refractivity contribution in [1.82, 2.24) is 15.5 Å². The number of nitrogens with zero attached hydrogens (tertiary/aromatic N) is 2. The minimum absolute atomic E-state index is 0.0179. The van der Waals surface area contributed by atoms with Crippen LogP contribution in [-0.4, -0.2) is 46.2 Å². The van der Waals surface area contributed by atoms with Gasteiger partial charge in [0.15, 0.2) is 6.04 Å². The number of rotatable bonds is 4. The molecule has 2 atom stereocenters. The number of aromatic nitrogens is 2. The molecule has 1 amide bonds. The van der Waals surface area contributed by atoms with Gasteiger partial charge in [0.1, 0.15) is 11.6 Å². The molecule has 1 aromatic carbocycles. The number of hydrogen-bond donors (Lipinski definition) is 2. The maximum absolute atomic E-state index is 14.1. The number of carbonyl (C=O) groups is 1. The molecule has 2 aromatic rings. The number of nitrogens with one attached hydrogen (secondary N) is 2. The Morgan fingerprint density at radius 2 is 1.82 bits per heavy atom. The third-order valence-corrected chi connectivity index (χ3v) is 4.47. The first-order valence-electron chi connectivity index (χ1n) is 7.45. The lowest BCUT2D eigenvalue weighted by Gasteiger charge is -2.34. The van der Waals surface area contributed by atoms with E-state index in [1.165, 1.54) is 18.3 Å². The number of amidine groups is 1. The van der Waals surface area contributed by atoms with E-state index in [2.05, 4.69) is 20.5 Å². The Bertz CT molecular complexity index is 918. The molecule has 1 aliphatic rings. The summed E-state index contributed by atoms with van der Waals surface area (Å²) in [5.74, 6) is -7.34. The highest BCUT2D eigenvalue weighted by Gasteiger charge is 2.67. The zero-order valence-corrected chi connectivity index (χ0v) is 14.9. The SMILES string of the molecule is O=C1NC(c2cn[nH]c2)=NC(C(F)(F)C(F)(F)F)C1Oc1ccc(Cl)c(Cl)c1. The number of ether oxygens (including phenoxy) is 1. The molecule has 1 aliphatic heterocycles. The van der Waals surface area contributed by atoms with Crippen molar-refractivity contribution in [3.63, 3.8) is 0 Å². The lowest BCUT2D eigenvalue weighted by atomic mass is 10.00. The van der Waals surface area contributed by atoms with E-state index in [4.69, 9.17) is 27.9 Å². The summed E-state index contributed by atoms with van der Waals surface area (Å²) in [4.78, 5) is 15.7. The van der Waals surface area contributed by atoms with Crippen LogP contribution in [0.4, 0.5) is 22.0 Å². The lowest BCUT2D eigenvalue weighted by molar-refractivity contribution is -0.294. The highest BCUT2D eigenvalue weighted by atomic mass is 35.5. The second-order valence-electron chi connectivity index (χ2n) is 5.63. The van der Waals surface area contributed by atoms with Crippen molar-refractivity contribution in [2.24, 2.45) is 4.99 Å². The van der Waals surface area contributed by atoms with Crippen LogP contribution in [0.1, 0.15) is 5.56 Å². The lowest BCUT2D eigenvalue weighted by Crippen LogP contribution is -2.61. The van der Waals surface area contributed by atoms with E-state index in [-0.39, 0.29) is 21.4 Å². The van der Waals surface area contributed by atoms with E-state index < -0.39 is 36.0 Å². The molecular formula is C15H9Cl2F5N4O2. The molecule has 13 heteroatoms. The predicted molar refractivity (Wildman–Crippen MR) is 88.9 cm³/mol. The minimum atomic E-state index is -5.97. The number of alkyl halides is 5. The van der Waals surface area contributed by atoms with E-state index in [0.29, 0.717) is 0 Å². The summed E-state index contributed by atoms with van der Waals surface area (Å²) in [5, 5.41) is 8.06. The molecule has 0 radical (unpaired) electrons. The minimum Gasteiger partial charge on any atom is -0.478 e. The zero-order valence-electron chi connectivity index (χ0n) is 13.4. The maximum atomic E-state index is 14.1. The van der Waals surface area contributed by atoms with Gasteiger partial charge in [-0.3, -0.25) is 14.9 Å². The second kappa shape index (κ2) is 7.21. The molecule has 2 N–H and O–H groups in total. The van der Waals surface area contributed by atoms with Gasteiger partial charge in [-0.15, -0.1) is 0 Å². The Morgan fingerprint density at radius 3 is 2.39 bits per heavy atom. The van der Waals surface area contributed by atoms with E-state index in [9.17, 15) is 26.7 Å². The molecule has 2 heterocycles. The monoisotopic (exact) mass is 442 g/mol. The van der Waals surface area contributed by atoms with Crippen LogP contribution in [0.15, 0.2) is 35.6 Å². The Labute approximate surface area is 163 Å². The first-order valence-corrected chi connectivity index (χ1v) is 8.20. The predicted octanol–water partition coefficient (Wildman–Crippen LogP) is 3.61. The quantitative estimate of drug-likeness (QED) is 0.709. The summed E-state index contributed by atoms with van der Waals surface area (Å²) in [7, 11) is 0. The molecule has 0 fully saturated rings. The van der Waals surface area contributed by atoms with Crippen molar-refractivity contribution >= 4 is 34.9 Å². The van der Waals surface area contributed by atoms with Crippen molar-refractivity contribution in [2.45, 2.75) is 24.2 Å². The standard InChI is InChI=1S/C15H9Cl2F5N4O2/c16-8-2-1-7(3-9(8)17)28-10-11(14(18,19)15(20,21)22)25-12(26-13(10)27)6-4-23-24-5-6/h1-5,10-11H,(H,23,24)(H,25,26,27). The summed E-state index contributed by atoms with van der Waals surface area (Å²) in [5.41, 5.74) is 0.0179. The van der Waals surface area contributed by atoms with Gasteiger partial charge in [0.2, 0.25) is 6.10 Å². The topological polar surface area (TPSA) is 79.4 Å². The summed E-state index contributed by atoms with van der Waals surface area (Å²) < 4.78 is 72.3. The van der Waals surface area contributed by atoms with Crippen LogP contribution in [0.25, 0.3) is 0 Å². The average Bonchev–Trinajstić information content (AvgIpc) is 3.13. The van der Waals surface area contributed by atoms with E-state index >= 15 is 0 Å². The molecular weight excluding hydrogens is 434 g/mol. The molecule has 0 aliphatic carbocycles. The third kappa shape index (κ3) is 3.76. The van der Waals surface area contributed by atoms with Crippen molar-refractivity contribution < 1.29 is 31.5 Å². The Morgan fingerprint density at radius 1 is 1.11 bits per heavy atom. The molecule has 0 spiro atoms. The number of aliphatic imine (C=N–C) groups is 1. The third-order valence-electron chi connectivity index (χ3n) is 3.73. The number of amides is 1. The number of benzene rings is 1. The molecule has 0 bridgehead atoms. The number of hydrogen-bond acceptors (Lipinski definition) is 4. The van der Waals surface area contributed by atoms with Gasteiger partial charge in [0, 0.05) is 12.3 Å². The van der Waals surface area contributed by atoms with Gasteiger partial charge in [-0.2, -0.15) is 27.1 Å². The summed E-state index contributed by atoms with van der Waals surface area (Å²) in [6.07, 6.45) is -5.99. The number of carbonyl (C=O) groups excluding carboxylic acids is 1. The van der Waals surface area contributed by atoms with Gasteiger partial charge in [-0.1, -0.05) is 23.2 Å². The molecule has 2 unspecified atom stereocenters. The van der Waals surface area contributed by atoms with E-state index in [1.54, 1.807) is 0 Å². The van der Waals surface area contributed by atoms with Crippen molar-refractivity contribution in [1.29, 1.82) is 0 Å². The second-order valence-corrected chi connectivity index (χ2v) is 6.45. The molecule has 28 heavy (non-hydrogen) atoms. The van der Waals surface area contributed by atoms with E-state index in [1.807, 2.05) is 0 Å². The van der Waals surface area contributed by atoms with Crippen LogP contribution < -0.4 is 10.1 Å². The van der Waals surface area contributed by atoms with Gasteiger partial charge in [0.25, 0.3) is 5.91 Å². The smallest absolute Gasteiger partial charge is 0.455 e. The van der Waals surface area contributed by atoms with Crippen molar-refractivity contribution in [2.75, 3.05) is 0 Å². The van der Waals surface area contributed by atoms with Crippen molar-refractivity contribution in [3.05, 3.63) is 46.2 Å². The first kappa shape index (κ1) is 20.3. The summed E-state index contributed by atoms with van der Waals surface area (Å²) >= 11 is 11.5. The fourth-order valence-corrected chi connectivity index (χ4v) is 2.64. The van der Waals surface area contributed by atoms with Gasteiger partial charge >= 0.3 is 12.1 Å². The Hall–Kier alpha value is -2.40. The summed E-state index contributed by atoms with van der Waals surface area (Å²) in [6.45, 7) is 0. The molecule has 0 saturated carbocycles. The molecule has 1 aromatic heterocycles. The summed E-state index contributed by atoms with van der Waals surface area (Å²) in [6, 6.07) is 0.590. The normalized spacial score (nSPS) is 20.5. The van der Waals surface area contributed by atoms with Crippen LogP contribution >= 0.6 is 23.2 Å². The van der Waals surface area contributed by atoms with Gasteiger partial charge in [0.05, 0.1) is 21.8 Å². The Kier molecular flexibility index (Phi) is 5.24. The molecule has 0 saturated heterocycles. The van der Waals surface area contributed by atoms with Crippen molar-refractivity contribution in [3.8, 4) is 5.75 Å². The largest absolute Gasteiger partial charge is 0.478 e. The van der Waals surface area contributed by atoms with Gasteiger partial charge in [-0.05, 0) is 12.1 Å². The number of aromatic amines is 1. The van der Waals surface area contributed by atoms with Crippen LogP contribution in [0, 0.1) is 0 Å². The number of halogens is 7. The van der Waals surface area contributed by atoms with Crippen LogP contribution in [0.5, 0.6) is 5.75 Å². The van der Waals surface area contributed by atoms with Crippen LogP contribution in [-0.2, 0) is 4.79 Å². The molecule has 3 rings (SSSR count). The number of H-pyrrole nitrogens is 1. The van der Waals surface area contributed by atoms with Gasteiger partial charge in [-0.25, -0.2) is 0 Å². The fourth-order valence-electron chi connectivity index (χ4n) is 2.35. The average molecular weight is 443 g/mol. The van der Waals surface area contributed by atoms with Crippen LogP contribution in [0.2, 0.25) is 10.0 Å². The van der Waals surface area contributed by atoms with E-state index in [0.717, 1.165) is 12.3 Å². The zero-order chi connectivity index (χ0) is 20.7. The highest BCUT2D eigenvalue weighted by Crippen LogP contribution is 2.42. The highest BCUT2D eigenvalue weighted by molar-refractivity contribution is 6.42. The Balaban J connectivity index is 2.03. The molecule has 150 valence electrons. The van der Waals surface area contributed by atoms with Gasteiger partial charge < -0.3 is 10.1 Å². The van der Waals surface area contributed by atoms with Crippen LogP contribution in [0.3, 0.4) is 0 Å². The maximum Gasteiger partial charge on any atom is 0.455 e. The molecule has 6 nitrogen and oxygen atoms in total.